The fourth-order valence-corrected chi connectivity index (χ4v) is 2.31. The molecule has 0 bridgehead atoms. The fourth-order valence-electron chi connectivity index (χ4n) is 2.31. The first kappa shape index (κ1) is 14.3. The summed E-state index contributed by atoms with van der Waals surface area (Å²) in [5, 5.41) is 5.30. The predicted octanol–water partition coefficient (Wildman–Crippen LogP) is 5.37. The highest BCUT2D eigenvalue weighted by atomic mass is 16.1. The largest absolute Gasteiger partial charge is 0.300 e. The van der Waals surface area contributed by atoms with Crippen LogP contribution < -0.4 is 0 Å². The van der Waals surface area contributed by atoms with Gasteiger partial charge in [0.2, 0.25) is 0 Å². The van der Waals surface area contributed by atoms with Gasteiger partial charge in [0.1, 0.15) is 5.78 Å². The molecule has 0 unspecified atom stereocenters. The minimum absolute atomic E-state index is 0.289. The summed E-state index contributed by atoms with van der Waals surface area (Å²) in [6, 6.07) is 21.4. The van der Waals surface area contributed by atoms with Crippen molar-refractivity contribution in [3.63, 3.8) is 0 Å². The predicted molar refractivity (Wildman–Crippen MR) is 87.0 cm³/mol. The maximum absolute atomic E-state index is 10.0. The van der Waals surface area contributed by atoms with E-state index in [0.717, 1.165) is 12.8 Å². The zero-order valence-electron chi connectivity index (χ0n) is 12.1. The highest BCUT2D eigenvalue weighted by Crippen LogP contribution is 2.24. The van der Waals surface area contributed by atoms with Gasteiger partial charge in [-0.25, -0.2) is 0 Å². The summed E-state index contributed by atoms with van der Waals surface area (Å²) in [5.74, 6) is 0.289. The number of carbonyl (C=O) groups excluding carboxylic acids is 1. The summed E-state index contributed by atoms with van der Waals surface area (Å²) in [4.78, 5) is 10.0. The van der Waals surface area contributed by atoms with E-state index in [0.29, 0.717) is 0 Å². The molecule has 102 valence electrons. The lowest BCUT2D eigenvalue weighted by Gasteiger charge is -2.02. The van der Waals surface area contributed by atoms with Gasteiger partial charge in [0.15, 0.2) is 0 Å². The summed E-state index contributed by atoms with van der Waals surface area (Å²) in [5.41, 5.74) is 0. The van der Waals surface area contributed by atoms with E-state index in [2.05, 4.69) is 60.7 Å². The molecule has 0 N–H and O–H groups in total. The molecule has 1 heteroatoms. The van der Waals surface area contributed by atoms with Crippen molar-refractivity contribution in [1.29, 1.82) is 0 Å². The Labute approximate surface area is 120 Å². The Morgan fingerprint density at radius 1 is 0.800 bits per heavy atom. The van der Waals surface area contributed by atoms with Crippen molar-refractivity contribution < 1.29 is 4.79 Å². The molecule has 1 nitrogen and oxygen atoms in total. The third kappa shape index (κ3) is 3.45. The minimum Gasteiger partial charge on any atom is -0.300 e. The standard InChI is InChI=1S/C14H10.C5H10O/c1-3-7-13-11(5-1)9-10-12-6-2-4-8-14(12)13;1-3-4-5(2)6/h1-10H;3-4H2,1-2H3. The number of hydrogen-bond donors (Lipinski definition) is 0. The number of carbonyl (C=O) groups is 1. The average molecular weight is 264 g/mol. The van der Waals surface area contributed by atoms with Crippen molar-refractivity contribution in [2.24, 2.45) is 0 Å². The summed E-state index contributed by atoms with van der Waals surface area (Å²) in [7, 11) is 0. The molecule has 0 saturated carbocycles. The van der Waals surface area contributed by atoms with E-state index in [1.165, 1.54) is 21.5 Å². The van der Waals surface area contributed by atoms with Crippen LogP contribution in [0.4, 0.5) is 0 Å². The van der Waals surface area contributed by atoms with E-state index in [9.17, 15) is 4.79 Å². The van der Waals surface area contributed by atoms with Crippen molar-refractivity contribution in [2.75, 3.05) is 0 Å². The van der Waals surface area contributed by atoms with E-state index in [1.54, 1.807) is 6.92 Å². The van der Waals surface area contributed by atoms with Gasteiger partial charge in [-0.3, -0.25) is 0 Å². The topological polar surface area (TPSA) is 17.1 Å². The summed E-state index contributed by atoms with van der Waals surface area (Å²) >= 11 is 0. The maximum Gasteiger partial charge on any atom is 0.129 e. The van der Waals surface area contributed by atoms with Crippen LogP contribution in [-0.4, -0.2) is 5.78 Å². The Morgan fingerprint density at radius 2 is 1.25 bits per heavy atom. The summed E-state index contributed by atoms with van der Waals surface area (Å²) in [6.07, 6.45) is 1.72. The van der Waals surface area contributed by atoms with E-state index in [1.807, 2.05) is 6.92 Å². The molecule has 3 rings (SSSR count). The van der Waals surface area contributed by atoms with Crippen LogP contribution in [0.25, 0.3) is 21.5 Å². The zero-order valence-corrected chi connectivity index (χ0v) is 12.1. The number of ketones is 1. The third-order valence-corrected chi connectivity index (χ3v) is 3.26. The molecule has 0 atom stereocenters. The van der Waals surface area contributed by atoms with Crippen LogP contribution in [0.3, 0.4) is 0 Å². The van der Waals surface area contributed by atoms with E-state index in [-0.39, 0.29) is 5.78 Å². The lowest BCUT2D eigenvalue weighted by molar-refractivity contribution is -0.117. The van der Waals surface area contributed by atoms with Gasteiger partial charge in [-0.15, -0.1) is 0 Å². The molecule has 0 aliphatic heterocycles. The maximum atomic E-state index is 10.0. The molecule has 0 aliphatic rings. The number of benzene rings is 3. The van der Waals surface area contributed by atoms with Crippen LogP contribution in [0.15, 0.2) is 60.7 Å². The van der Waals surface area contributed by atoms with Crippen molar-refractivity contribution in [3.8, 4) is 0 Å². The molecule has 3 aromatic carbocycles. The quantitative estimate of drug-likeness (QED) is 0.569. The van der Waals surface area contributed by atoms with E-state index < -0.39 is 0 Å². The first-order chi connectivity index (χ1) is 9.72. The molecule has 0 saturated heterocycles. The van der Waals surface area contributed by atoms with Crippen LogP contribution in [0, 0.1) is 0 Å². The van der Waals surface area contributed by atoms with Gasteiger partial charge in [0.25, 0.3) is 0 Å². The molecule has 3 aromatic rings. The van der Waals surface area contributed by atoms with Crippen molar-refractivity contribution in [2.45, 2.75) is 26.7 Å². The van der Waals surface area contributed by atoms with Gasteiger partial charge in [-0.2, -0.15) is 0 Å². The lowest BCUT2D eigenvalue weighted by Crippen LogP contribution is -1.84. The van der Waals surface area contributed by atoms with Crippen LogP contribution >= 0.6 is 0 Å². The fraction of sp³-hybridized carbons (Fsp3) is 0.211. The SMILES string of the molecule is CCCC(C)=O.c1ccc2c(c1)ccc1ccccc12. The van der Waals surface area contributed by atoms with Gasteiger partial charge >= 0.3 is 0 Å². The van der Waals surface area contributed by atoms with Crippen LogP contribution in [0.5, 0.6) is 0 Å². The monoisotopic (exact) mass is 264 g/mol. The zero-order chi connectivity index (χ0) is 14.4. The second-order valence-corrected chi connectivity index (χ2v) is 4.96. The van der Waals surface area contributed by atoms with Crippen LogP contribution in [0.2, 0.25) is 0 Å². The molecule has 0 heterocycles. The van der Waals surface area contributed by atoms with Gasteiger partial charge in [-0.1, -0.05) is 67.6 Å². The smallest absolute Gasteiger partial charge is 0.129 e. The van der Waals surface area contributed by atoms with E-state index >= 15 is 0 Å². The lowest BCUT2D eigenvalue weighted by atomic mass is 10.0. The number of hydrogen-bond acceptors (Lipinski definition) is 1. The summed E-state index contributed by atoms with van der Waals surface area (Å²) in [6.45, 7) is 3.62. The van der Waals surface area contributed by atoms with E-state index in [4.69, 9.17) is 0 Å². The highest BCUT2D eigenvalue weighted by Gasteiger charge is 1.97. The molecule has 0 amide bonds. The van der Waals surface area contributed by atoms with Gasteiger partial charge in [0.05, 0.1) is 0 Å². The second-order valence-electron chi connectivity index (χ2n) is 4.96. The highest BCUT2D eigenvalue weighted by molar-refractivity contribution is 6.07. The Balaban J connectivity index is 0.000000212. The van der Waals surface area contributed by atoms with Crippen LogP contribution in [-0.2, 0) is 4.79 Å². The first-order valence-corrected chi connectivity index (χ1v) is 7.08. The molecule has 0 radical (unpaired) electrons. The number of rotatable bonds is 2. The molecule has 0 fully saturated rings. The third-order valence-electron chi connectivity index (χ3n) is 3.26. The average Bonchev–Trinajstić information content (AvgIpc) is 2.48. The normalized spacial score (nSPS) is 10.1. The molecule has 20 heavy (non-hydrogen) atoms. The van der Waals surface area contributed by atoms with Gasteiger partial charge in [-0.05, 0) is 34.9 Å². The molecule has 0 aromatic heterocycles. The minimum atomic E-state index is 0.289. The first-order valence-electron chi connectivity index (χ1n) is 7.08. The number of fused-ring (bicyclic) bond motifs is 3. The van der Waals surface area contributed by atoms with Crippen molar-refractivity contribution >= 4 is 27.3 Å². The van der Waals surface area contributed by atoms with Gasteiger partial charge in [0, 0.05) is 6.42 Å². The second kappa shape index (κ2) is 6.85. The van der Waals surface area contributed by atoms with Crippen LogP contribution in [0.1, 0.15) is 26.7 Å². The molecule has 0 spiro atoms. The Hall–Kier alpha value is -2.15. The number of Topliss-reactive ketones (excluding diaryl/α,β-unsaturated/α-hetero) is 1. The Bertz CT molecular complexity index is 658. The van der Waals surface area contributed by atoms with Crippen molar-refractivity contribution in [3.05, 3.63) is 60.7 Å². The summed E-state index contributed by atoms with van der Waals surface area (Å²) < 4.78 is 0. The van der Waals surface area contributed by atoms with Gasteiger partial charge < -0.3 is 4.79 Å². The molecule has 0 aliphatic carbocycles. The molecular formula is C19H20O. The Kier molecular flexibility index (Phi) is 4.89. The molecular weight excluding hydrogens is 244 g/mol. The Morgan fingerprint density at radius 3 is 1.60 bits per heavy atom. The van der Waals surface area contributed by atoms with Crippen molar-refractivity contribution in [1.82, 2.24) is 0 Å².